The molecule has 0 radical (unpaired) electrons. The van der Waals surface area contributed by atoms with Crippen LogP contribution in [0, 0.1) is 0 Å². The van der Waals surface area contributed by atoms with Gasteiger partial charge in [0.05, 0.1) is 23.5 Å². The van der Waals surface area contributed by atoms with Gasteiger partial charge >= 0.3 is 12.1 Å². The van der Waals surface area contributed by atoms with Crippen LogP contribution in [-0.4, -0.2) is 114 Å². The highest BCUT2D eigenvalue weighted by Crippen LogP contribution is 2.35. The first-order chi connectivity index (χ1) is 23.2. The summed E-state index contributed by atoms with van der Waals surface area (Å²) in [5.41, 5.74) is -0.398. The van der Waals surface area contributed by atoms with Crippen LogP contribution < -0.4 is 15.4 Å². The van der Waals surface area contributed by atoms with Crippen molar-refractivity contribution < 1.29 is 33.3 Å². The number of benzene rings is 1. The first kappa shape index (κ1) is 40.1. The van der Waals surface area contributed by atoms with Gasteiger partial charge in [0.2, 0.25) is 5.91 Å². The highest BCUT2D eigenvalue weighted by molar-refractivity contribution is 6.13. The molecular weight excluding hydrogens is 642 g/mol. The predicted octanol–water partition coefficient (Wildman–Crippen LogP) is 5.42. The molecule has 2 heterocycles. The fourth-order valence-electron chi connectivity index (χ4n) is 4.70. The van der Waals surface area contributed by atoms with Crippen LogP contribution in [0.2, 0.25) is 0 Å². The Morgan fingerprint density at radius 1 is 1.00 bits per heavy atom. The van der Waals surface area contributed by atoms with Crippen molar-refractivity contribution in [3.05, 3.63) is 36.2 Å². The minimum atomic E-state index is -0.712. The molecule has 14 heteroatoms. The second-order valence-electron chi connectivity index (χ2n) is 15.2. The minimum Gasteiger partial charge on any atom is -0.492 e. The zero-order valence-electron chi connectivity index (χ0n) is 31.5. The Bertz CT molecular complexity index is 1490. The molecule has 1 aromatic heterocycles. The monoisotopic (exact) mass is 697 g/mol. The van der Waals surface area contributed by atoms with E-state index in [1.807, 2.05) is 92.5 Å². The maximum absolute atomic E-state index is 13.0. The van der Waals surface area contributed by atoms with Gasteiger partial charge < -0.3 is 34.5 Å². The van der Waals surface area contributed by atoms with Crippen LogP contribution in [-0.2, 0) is 23.8 Å². The lowest BCUT2D eigenvalue weighted by molar-refractivity contribution is -0.165. The van der Waals surface area contributed by atoms with E-state index >= 15 is 0 Å². The Labute approximate surface area is 296 Å². The lowest BCUT2D eigenvalue weighted by atomic mass is 10.0. The molecule has 0 spiro atoms. The number of rotatable bonds is 15. The fraction of sp³-hybridized carbons (Fsp3) is 0.611. The minimum absolute atomic E-state index is 0.185. The molecule has 0 aliphatic carbocycles. The quantitative estimate of drug-likeness (QED) is 0.139. The number of nitrogens with one attached hydrogen (secondary N) is 2. The molecule has 0 saturated heterocycles. The van der Waals surface area contributed by atoms with Crippen molar-refractivity contribution in [1.82, 2.24) is 19.8 Å². The maximum Gasteiger partial charge on any atom is 0.410 e. The van der Waals surface area contributed by atoms with Crippen molar-refractivity contribution in [3.63, 3.8) is 0 Å². The lowest BCUT2D eigenvalue weighted by Gasteiger charge is -2.31. The van der Waals surface area contributed by atoms with E-state index in [1.54, 1.807) is 19.3 Å². The van der Waals surface area contributed by atoms with Gasteiger partial charge in [-0.3, -0.25) is 19.5 Å². The van der Waals surface area contributed by atoms with Crippen molar-refractivity contribution in [3.8, 4) is 5.75 Å². The Hall–Kier alpha value is -4.30. The Morgan fingerprint density at radius 3 is 2.36 bits per heavy atom. The van der Waals surface area contributed by atoms with Crippen molar-refractivity contribution >= 4 is 41.5 Å². The molecule has 276 valence electrons. The summed E-state index contributed by atoms with van der Waals surface area (Å²) in [6.45, 7) is 18.7. The Morgan fingerprint density at radius 2 is 1.70 bits per heavy atom. The average molecular weight is 698 g/mol. The van der Waals surface area contributed by atoms with Gasteiger partial charge in [-0.2, -0.15) is 0 Å². The second kappa shape index (κ2) is 17.1. The fourth-order valence-corrected chi connectivity index (χ4v) is 4.70. The van der Waals surface area contributed by atoms with Crippen LogP contribution >= 0.6 is 0 Å². The summed E-state index contributed by atoms with van der Waals surface area (Å²) in [6.07, 6.45) is 3.20. The summed E-state index contributed by atoms with van der Waals surface area (Å²) < 4.78 is 23.0. The normalized spacial score (nSPS) is 15.4. The Balaban J connectivity index is 1.60. The summed E-state index contributed by atoms with van der Waals surface area (Å²) in [7, 11) is 3.53. The van der Waals surface area contributed by atoms with E-state index in [0.717, 1.165) is 0 Å². The molecular formula is C36H55N7O7. The zero-order valence-corrected chi connectivity index (χ0v) is 31.5. The summed E-state index contributed by atoms with van der Waals surface area (Å²) in [5, 5.41) is 6.08. The van der Waals surface area contributed by atoms with Gasteiger partial charge in [-0.1, -0.05) is 6.07 Å². The number of amides is 2. The van der Waals surface area contributed by atoms with Gasteiger partial charge in [-0.25, -0.2) is 14.8 Å². The van der Waals surface area contributed by atoms with E-state index in [4.69, 9.17) is 18.9 Å². The number of hydrogen-bond donors (Lipinski definition) is 2. The van der Waals surface area contributed by atoms with Crippen molar-refractivity contribution in [2.75, 3.05) is 57.6 Å². The number of nitrogens with zero attached hydrogens (tertiary/aromatic N) is 5. The number of carbonyl (C=O) groups excluding carboxylic acids is 3. The number of likely N-dealkylation sites (N-methyl/N-ethyl adjacent to an activating group) is 1. The number of hydrogen-bond acceptors (Lipinski definition) is 12. The second-order valence-corrected chi connectivity index (χ2v) is 15.2. The molecule has 2 aromatic rings. The molecule has 1 aliphatic heterocycles. The maximum atomic E-state index is 13.0. The molecule has 2 N–H and O–H groups in total. The lowest BCUT2D eigenvalue weighted by Crippen LogP contribution is -2.47. The van der Waals surface area contributed by atoms with Crippen molar-refractivity contribution in [1.29, 1.82) is 0 Å². The van der Waals surface area contributed by atoms with E-state index in [-0.39, 0.29) is 24.6 Å². The van der Waals surface area contributed by atoms with Crippen molar-refractivity contribution in [2.24, 2.45) is 4.99 Å². The third kappa shape index (κ3) is 13.2. The topological polar surface area (TPSA) is 157 Å². The molecule has 3 rings (SSSR count). The van der Waals surface area contributed by atoms with E-state index < -0.39 is 28.8 Å². The third-order valence-corrected chi connectivity index (χ3v) is 7.18. The largest absolute Gasteiger partial charge is 0.492 e. The molecule has 2 atom stereocenters. The number of ether oxygens (including phenoxy) is 4. The van der Waals surface area contributed by atoms with Crippen LogP contribution in [0.5, 0.6) is 5.75 Å². The molecule has 1 aliphatic rings. The smallest absolute Gasteiger partial charge is 0.410 e. The third-order valence-electron chi connectivity index (χ3n) is 7.18. The molecule has 1 aromatic carbocycles. The van der Waals surface area contributed by atoms with Gasteiger partial charge in [0.1, 0.15) is 53.5 Å². The summed E-state index contributed by atoms with van der Waals surface area (Å²) >= 11 is 0. The number of esters is 1. The first-order valence-electron chi connectivity index (χ1n) is 16.9. The Kier molecular flexibility index (Phi) is 13.7. The van der Waals surface area contributed by atoms with Gasteiger partial charge in [-0.05, 0) is 87.9 Å². The summed E-state index contributed by atoms with van der Waals surface area (Å²) in [6, 6.07) is 6.63. The van der Waals surface area contributed by atoms with Crippen LogP contribution in [0.3, 0.4) is 0 Å². The van der Waals surface area contributed by atoms with Crippen LogP contribution in [0.4, 0.5) is 22.1 Å². The molecule has 14 nitrogen and oxygen atoms in total. The van der Waals surface area contributed by atoms with Gasteiger partial charge in [-0.15, -0.1) is 0 Å². The highest BCUT2D eigenvalue weighted by atomic mass is 16.6. The van der Waals surface area contributed by atoms with Crippen LogP contribution in [0.1, 0.15) is 80.2 Å². The summed E-state index contributed by atoms with van der Waals surface area (Å²) in [5.74, 6) is 0.203. The van der Waals surface area contributed by atoms with Gasteiger partial charge in [0.25, 0.3) is 0 Å². The first-order valence-corrected chi connectivity index (χ1v) is 16.9. The van der Waals surface area contributed by atoms with Crippen LogP contribution in [0.25, 0.3) is 0 Å². The molecule has 2 amide bonds. The average Bonchev–Trinajstić information content (AvgIpc) is 3.31. The SMILES string of the molecule is CN(CCCNc1ncnc2c1C(C=Nc1cccc(OCCN(C)[C@@H](COC(C)(C)C)C(=O)OC(C)(C)C)c1)C(=O)N2)C(=O)OC(C)(C)C. The number of aromatic nitrogens is 2. The number of anilines is 2. The molecule has 0 saturated carbocycles. The standard InChI is InChI=1S/C36H55N7O7/c1-34(2,3)48-22-27(32(45)49-35(4,5)6)42(10)18-19-47-25-15-12-14-24(20-25)38-21-26-28-29(39-23-40-30(28)41-31(26)44)37-16-13-17-43(11)33(46)50-36(7,8)9/h12,14-15,20-21,23,26-27H,13,16-19,22H2,1-11H3,(H2,37,39,40,41,44)/t26?,27-/m0/s1. The van der Waals surface area contributed by atoms with Gasteiger partial charge in [0, 0.05) is 39.0 Å². The van der Waals surface area contributed by atoms with Gasteiger partial charge in [0.15, 0.2) is 0 Å². The molecule has 50 heavy (non-hydrogen) atoms. The zero-order chi connectivity index (χ0) is 37.3. The predicted molar refractivity (Wildman–Crippen MR) is 193 cm³/mol. The number of fused-ring (bicyclic) bond motifs is 1. The molecule has 0 bridgehead atoms. The molecule has 1 unspecified atom stereocenters. The summed E-state index contributed by atoms with van der Waals surface area (Å²) in [4.78, 5) is 54.8. The molecule has 0 fully saturated rings. The number of aliphatic imine (C=N–C) groups is 1. The number of carbonyl (C=O) groups is 3. The van der Waals surface area contributed by atoms with Crippen LogP contribution in [0.15, 0.2) is 35.6 Å². The van der Waals surface area contributed by atoms with E-state index in [2.05, 4.69) is 25.6 Å². The van der Waals surface area contributed by atoms with Crippen molar-refractivity contribution in [2.45, 2.75) is 97.5 Å². The highest BCUT2D eigenvalue weighted by Gasteiger charge is 2.34. The van der Waals surface area contributed by atoms with E-state index in [0.29, 0.717) is 61.3 Å². The van der Waals surface area contributed by atoms with E-state index in [1.165, 1.54) is 11.2 Å². The van der Waals surface area contributed by atoms with E-state index in [9.17, 15) is 14.4 Å².